The number of thioether (sulfide) groups is 1. The van der Waals surface area contributed by atoms with Crippen LogP contribution in [0.3, 0.4) is 0 Å². The average molecular weight is 393 g/mol. The molecule has 154 valence electrons. The summed E-state index contributed by atoms with van der Waals surface area (Å²) >= 11 is 1.57. The molecular formula is C23H40N2OS. The summed E-state index contributed by atoms with van der Waals surface area (Å²) in [4.78, 5) is 0. The van der Waals surface area contributed by atoms with Crippen molar-refractivity contribution < 1.29 is 5.11 Å². The second-order valence-electron chi connectivity index (χ2n) is 4.42. The van der Waals surface area contributed by atoms with Crippen molar-refractivity contribution in [2.75, 3.05) is 6.26 Å². The highest BCUT2D eigenvalue weighted by Gasteiger charge is 2.07. The van der Waals surface area contributed by atoms with Gasteiger partial charge in [-0.05, 0) is 50.3 Å². The predicted octanol–water partition coefficient (Wildman–Crippen LogP) is 7.93. The average Bonchev–Trinajstić information content (AvgIpc) is 2.74. The van der Waals surface area contributed by atoms with Crippen molar-refractivity contribution in [2.24, 2.45) is 0 Å². The van der Waals surface area contributed by atoms with Gasteiger partial charge in [-0.15, -0.1) is 22.0 Å². The largest absolute Gasteiger partial charge is 0.507 e. The summed E-state index contributed by atoms with van der Waals surface area (Å²) in [6, 6.07) is 9.07. The molecule has 1 aromatic heterocycles. The van der Waals surface area contributed by atoms with Gasteiger partial charge in [0.2, 0.25) is 0 Å². The van der Waals surface area contributed by atoms with Crippen molar-refractivity contribution in [3.05, 3.63) is 48.0 Å². The standard InChI is InChI=1S/C12H12N2OS.C5H10.3C2H6/c1-8-7-10(13-14-12(8)16-2)9-5-3-4-6-11(9)15;1-3-5-4-2;3*1-2/h3-7,15H,1-2H3;3,5H,4H2,1-2H3;3*1-2H3. The van der Waals surface area contributed by atoms with E-state index in [0.717, 1.165) is 17.0 Å². The van der Waals surface area contributed by atoms with Gasteiger partial charge in [0.15, 0.2) is 0 Å². The quantitative estimate of drug-likeness (QED) is 0.425. The number of rotatable bonds is 3. The molecule has 0 amide bonds. The third kappa shape index (κ3) is 13.1. The van der Waals surface area contributed by atoms with E-state index < -0.39 is 0 Å². The number of hydrogen-bond donors (Lipinski definition) is 1. The number of nitrogens with zero attached hydrogens (tertiary/aromatic N) is 2. The van der Waals surface area contributed by atoms with Crippen LogP contribution in [0.15, 0.2) is 47.5 Å². The summed E-state index contributed by atoms with van der Waals surface area (Å²) in [5, 5.41) is 18.9. The molecule has 0 bridgehead atoms. The zero-order chi connectivity index (χ0) is 21.7. The van der Waals surface area contributed by atoms with Gasteiger partial charge in [0.05, 0.1) is 5.69 Å². The van der Waals surface area contributed by atoms with Crippen LogP contribution in [0, 0.1) is 6.92 Å². The highest BCUT2D eigenvalue weighted by Crippen LogP contribution is 2.28. The SMILES string of the molecule is CC.CC.CC.CC=CCC.CSc1nnc(-c2ccccc2O)cc1C. The molecule has 0 aliphatic rings. The fourth-order valence-corrected chi connectivity index (χ4v) is 2.24. The maximum atomic E-state index is 9.71. The lowest BCUT2D eigenvalue weighted by Crippen LogP contribution is -1.93. The Hall–Kier alpha value is -1.81. The lowest BCUT2D eigenvalue weighted by Gasteiger charge is -2.05. The third-order valence-corrected chi connectivity index (χ3v) is 3.57. The Kier molecular flexibility index (Phi) is 24.6. The minimum Gasteiger partial charge on any atom is -0.507 e. The van der Waals surface area contributed by atoms with Crippen LogP contribution in [0.5, 0.6) is 5.75 Å². The van der Waals surface area contributed by atoms with Crippen LogP contribution >= 0.6 is 11.8 Å². The molecule has 0 unspecified atom stereocenters. The van der Waals surface area contributed by atoms with Crippen molar-refractivity contribution in [1.29, 1.82) is 0 Å². The first kappa shape index (κ1) is 29.9. The molecule has 2 rings (SSSR count). The smallest absolute Gasteiger partial charge is 0.125 e. The van der Waals surface area contributed by atoms with E-state index >= 15 is 0 Å². The van der Waals surface area contributed by atoms with Crippen molar-refractivity contribution >= 4 is 11.8 Å². The van der Waals surface area contributed by atoms with Crippen LogP contribution in [0.2, 0.25) is 0 Å². The number of aromatic nitrogens is 2. The molecule has 0 aliphatic heterocycles. The Morgan fingerprint density at radius 1 is 1.00 bits per heavy atom. The summed E-state index contributed by atoms with van der Waals surface area (Å²) < 4.78 is 0. The van der Waals surface area contributed by atoms with Crippen molar-refractivity contribution in [2.45, 2.75) is 73.8 Å². The van der Waals surface area contributed by atoms with Gasteiger partial charge >= 0.3 is 0 Å². The first-order valence-corrected chi connectivity index (χ1v) is 11.1. The lowest BCUT2D eigenvalue weighted by atomic mass is 10.1. The minimum atomic E-state index is 0.230. The molecule has 0 radical (unpaired) electrons. The monoisotopic (exact) mass is 392 g/mol. The molecule has 2 aromatic rings. The molecular weight excluding hydrogens is 352 g/mol. The van der Waals surface area contributed by atoms with Gasteiger partial charge in [0.1, 0.15) is 10.8 Å². The van der Waals surface area contributed by atoms with Gasteiger partial charge in [0, 0.05) is 5.56 Å². The van der Waals surface area contributed by atoms with Gasteiger partial charge < -0.3 is 5.11 Å². The number of allylic oxidation sites excluding steroid dienone is 2. The summed E-state index contributed by atoms with van der Waals surface area (Å²) in [6.45, 7) is 18.1. The van der Waals surface area contributed by atoms with E-state index in [0.29, 0.717) is 11.3 Å². The van der Waals surface area contributed by atoms with Crippen molar-refractivity contribution in [3.8, 4) is 17.0 Å². The molecule has 1 N–H and O–H groups in total. The molecule has 0 saturated carbocycles. The first-order chi connectivity index (χ1) is 13.1. The number of phenols is 1. The fourth-order valence-electron chi connectivity index (χ4n) is 1.73. The molecule has 0 spiro atoms. The van der Waals surface area contributed by atoms with E-state index in [9.17, 15) is 5.11 Å². The van der Waals surface area contributed by atoms with Crippen LogP contribution in [0.25, 0.3) is 11.3 Å². The van der Waals surface area contributed by atoms with Gasteiger partial charge in [-0.25, -0.2) is 0 Å². The zero-order valence-corrected chi connectivity index (χ0v) is 19.8. The maximum absolute atomic E-state index is 9.71. The zero-order valence-electron chi connectivity index (χ0n) is 19.0. The highest BCUT2D eigenvalue weighted by atomic mass is 32.2. The van der Waals surface area contributed by atoms with E-state index in [1.807, 2.05) is 79.8 Å². The molecule has 0 fully saturated rings. The van der Waals surface area contributed by atoms with Crippen LogP contribution in [-0.4, -0.2) is 21.6 Å². The summed E-state index contributed by atoms with van der Waals surface area (Å²) in [6.07, 6.45) is 7.31. The number of para-hydroxylation sites is 1. The Labute approximate surface area is 172 Å². The molecule has 0 atom stereocenters. The lowest BCUT2D eigenvalue weighted by molar-refractivity contribution is 0.477. The number of benzene rings is 1. The van der Waals surface area contributed by atoms with Crippen molar-refractivity contribution in [3.63, 3.8) is 0 Å². The van der Waals surface area contributed by atoms with Gasteiger partial charge in [-0.3, -0.25) is 0 Å². The Balaban J connectivity index is -0.000000443. The third-order valence-electron chi connectivity index (χ3n) is 2.78. The minimum absolute atomic E-state index is 0.230. The van der Waals surface area contributed by atoms with Crippen LogP contribution in [0.1, 0.15) is 67.4 Å². The molecule has 0 saturated heterocycles. The van der Waals surface area contributed by atoms with Crippen LogP contribution in [0.4, 0.5) is 0 Å². The summed E-state index contributed by atoms with van der Waals surface area (Å²) in [5.74, 6) is 0.230. The predicted molar refractivity (Wildman–Crippen MR) is 125 cm³/mol. The van der Waals surface area contributed by atoms with E-state index in [4.69, 9.17) is 0 Å². The van der Waals surface area contributed by atoms with Crippen LogP contribution < -0.4 is 0 Å². The summed E-state index contributed by atoms with van der Waals surface area (Å²) in [5.41, 5.74) is 2.49. The summed E-state index contributed by atoms with van der Waals surface area (Å²) in [7, 11) is 0. The Bertz CT molecular complexity index is 599. The Morgan fingerprint density at radius 2 is 1.56 bits per heavy atom. The van der Waals surface area contributed by atoms with E-state index in [2.05, 4.69) is 29.3 Å². The number of aromatic hydroxyl groups is 1. The Morgan fingerprint density at radius 3 is 1.93 bits per heavy atom. The second kappa shape index (κ2) is 22.2. The first-order valence-electron chi connectivity index (χ1n) is 9.91. The van der Waals surface area contributed by atoms with E-state index in [1.165, 1.54) is 0 Å². The van der Waals surface area contributed by atoms with Gasteiger partial charge in [-0.2, -0.15) is 0 Å². The topological polar surface area (TPSA) is 46.0 Å². The maximum Gasteiger partial charge on any atom is 0.125 e. The van der Waals surface area contributed by atoms with Gasteiger partial charge in [0.25, 0.3) is 0 Å². The van der Waals surface area contributed by atoms with Gasteiger partial charge in [-0.1, -0.05) is 72.8 Å². The molecule has 4 heteroatoms. The molecule has 3 nitrogen and oxygen atoms in total. The fraction of sp³-hybridized carbons (Fsp3) is 0.478. The van der Waals surface area contributed by atoms with Crippen LogP contribution in [-0.2, 0) is 0 Å². The molecule has 1 heterocycles. The second-order valence-corrected chi connectivity index (χ2v) is 5.21. The van der Waals surface area contributed by atoms with E-state index in [1.54, 1.807) is 23.9 Å². The number of aryl methyl sites for hydroxylation is 1. The molecule has 27 heavy (non-hydrogen) atoms. The number of hydrogen-bond acceptors (Lipinski definition) is 4. The normalized spacial score (nSPS) is 8.67. The van der Waals surface area contributed by atoms with Crippen molar-refractivity contribution in [1.82, 2.24) is 10.2 Å². The highest BCUT2D eigenvalue weighted by molar-refractivity contribution is 7.98. The molecule has 1 aromatic carbocycles. The van der Waals surface area contributed by atoms with E-state index in [-0.39, 0.29) is 5.75 Å². The molecule has 0 aliphatic carbocycles. The number of phenolic OH excluding ortho intramolecular Hbond substituents is 1.